The van der Waals surface area contributed by atoms with Crippen molar-refractivity contribution in [2.75, 3.05) is 19.7 Å². The van der Waals surface area contributed by atoms with E-state index >= 15 is 0 Å². The number of sulfonamides is 1. The van der Waals surface area contributed by atoms with Gasteiger partial charge in [-0.3, -0.25) is 4.84 Å². The van der Waals surface area contributed by atoms with Crippen LogP contribution in [0.2, 0.25) is 0 Å². The van der Waals surface area contributed by atoms with Crippen LogP contribution in [0.4, 0.5) is 22.8 Å². The van der Waals surface area contributed by atoms with Gasteiger partial charge in [0.1, 0.15) is 5.60 Å². The fraction of sp³-hybridized carbons (Fsp3) is 0.433. The molecule has 15 nitrogen and oxygen atoms in total. The van der Waals surface area contributed by atoms with Crippen molar-refractivity contribution < 1.29 is 55.2 Å². The van der Waals surface area contributed by atoms with Crippen molar-refractivity contribution in [3.63, 3.8) is 0 Å². The van der Waals surface area contributed by atoms with Crippen LogP contribution in [0.15, 0.2) is 64.8 Å². The lowest BCUT2D eigenvalue weighted by Crippen LogP contribution is -2.33. The van der Waals surface area contributed by atoms with Crippen LogP contribution in [0, 0.1) is 18.0 Å². The summed E-state index contributed by atoms with van der Waals surface area (Å²) in [5.74, 6) is -0.354. The lowest BCUT2D eigenvalue weighted by molar-refractivity contribution is -0.710. The molecule has 3 aromatic rings. The Hall–Kier alpha value is -5.07. The van der Waals surface area contributed by atoms with Crippen LogP contribution >= 0.6 is 0 Å². The Morgan fingerprint density at radius 1 is 1.12 bits per heavy atom. The normalized spacial score (nSPS) is 16.2. The van der Waals surface area contributed by atoms with E-state index in [9.17, 15) is 36.4 Å². The van der Waals surface area contributed by atoms with Crippen LogP contribution in [-0.4, -0.2) is 72.0 Å². The number of alkyl halides is 3. The highest BCUT2D eigenvalue weighted by Crippen LogP contribution is 2.33. The van der Waals surface area contributed by atoms with Gasteiger partial charge < -0.3 is 19.4 Å². The van der Waals surface area contributed by atoms with Crippen molar-refractivity contribution in [3.05, 3.63) is 71.1 Å². The number of amides is 1. The Balaban J connectivity index is 1.31. The predicted molar refractivity (Wildman–Crippen MR) is 164 cm³/mol. The van der Waals surface area contributed by atoms with E-state index in [1.807, 2.05) is 6.92 Å². The zero-order valence-corrected chi connectivity index (χ0v) is 27.9. The number of hydrazine groups is 1. The average molecular weight is 713 g/mol. The molecule has 2 atom stereocenters. The van der Waals surface area contributed by atoms with Crippen molar-refractivity contribution in [2.45, 2.75) is 64.0 Å². The molecule has 1 N–H and O–H groups in total. The number of carbonyl (C=O) groups excluding carboxylic acids is 2. The van der Waals surface area contributed by atoms with Crippen LogP contribution in [0.1, 0.15) is 45.4 Å². The molecule has 2 heterocycles. The average Bonchev–Trinajstić information content (AvgIpc) is 3.66. The Morgan fingerprint density at radius 3 is 2.39 bits per heavy atom. The van der Waals surface area contributed by atoms with Crippen LogP contribution < -0.4 is 4.72 Å². The lowest BCUT2D eigenvalue weighted by Gasteiger charge is -2.20. The maximum absolute atomic E-state index is 13.5. The van der Waals surface area contributed by atoms with Gasteiger partial charge >= 0.3 is 18.4 Å². The van der Waals surface area contributed by atoms with Crippen molar-refractivity contribution >= 4 is 22.3 Å². The Bertz CT molecular complexity index is 1770. The van der Waals surface area contributed by atoms with Gasteiger partial charge in [-0.1, -0.05) is 29.8 Å². The molecule has 4 rings (SSSR count). The molecule has 2 unspecified atom stereocenters. The van der Waals surface area contributed by atoms with Gasteiger partial charge in [0.2, 0.25) is 5.28 Å². The number of nitrogens with zero attached hydrogens (tertiary/aromatic N) is 5. The highest BCUT2D eigenvalue weighted by atomic mass is 32.2. The van der Waals surface area contributed by atoms with E-state index in [1.165, 1.54) is 24.1 Å². The van der Waals surface area contributed by atoms with Crippen molar-refractivity contribution in [2.24, 2.45) is 11.2 Å². The number of aromatic nitrogens is 2. The zero-order valence-electron chi connectivity index (χ0n) is 27.1. The summed E-state index contributed by atoms with van der Waals surface area (Å²) >= 11 is 0. The van der Waals surface area contributed by atoms with Gasteiger partial charge in [0.15, 0.2) is 5.69 Å². The van der Waals surface area contributed by atoms with Crippen molar-refractivity contribution in [1.82, 2.24) is 19.5 Å². The minimum absolute atomic E-state index is 0.0905. The molecule has 1 amide bonds. The van der Waals surface area contributed by atoms with E-state index in [-0.39, 0.29) is 46.9 Å². The topological polar surface area (TPSA) is 177 Å². The zero-order chi connectivity index (χ0) is 36.1. The summed E-state index contributed by atoms with van der Waals surface area (Å²) in [4.78, 5) is 28.7. The standard InChI is InChI=1S/C30H35F3N6O9S/c1-19-6-8-22(9-7-19)25-16-26(30(31,32)33)34-38(25)23-10-12-24(13-11-23)49(43,44)35-27(40)45-18-21-14-15-37(17-21)39(42)36-48-20(2)46-28(41)47-29(3,4)5/h6-13,16,20-21H,14-15,17-18H2,1-5H3,(H,35,40)/b39-36-. The fourth-order valence-corrected chi connectivity index (χ4v) is 5.39. The van der Waals surface area contributed by atoms with E-state index in [0.717, 1.165) is 28.4 Å². The molecule has 1 aliphatic rings. The molecular formula is C30H35F3N6O9S. The number of halogens is 3. The van der Waals surface area contributed by atoms with E-state index in [2.05, 4.69) is 10.4 Å². The molecule has 0 spiro atoms. The number of carbonyl (C=O) groups is 2. The lowest BCUT2D eigenvalue weighted by atomic mass is 10.1. The molecule has 1 saturated heterocycles. The first-order chi connectivity index (χ1) is 22.8. The third-order valence-electron chi connectivity index (χ3n) is 6.83. The first-order valence-electron chi connectivity index (χ1n) is 14.8. The second kappa shape index (κ2) is 14.6. The highest BCUT2D eigenvalue weighted by molar-refractivity contribution is 7.90. The van der Waals surface area contributed by atoms with E-state index in [1.54, 1.807) is 49.8 Å². The number of hydrogen-bond acceptors (Lipinski definition) is 11. The maximum Gasteiger partial charge on any atom is 0.511 e. The summed E-state index contributed by atoms with van der Waals surface area (Å²) in [6.07, 6.45) is -7.82. The number of rotatable bonds is 10. The monoisotopic (exact) mass is 712 g/mol. The molecule has 2 aromatic carbocycles. The summed E-state index contributed by atoms with van der Waals surface area (Å²) in [5.41, 5.74) is -0.263. The molecule has 49 heavy (non-hydrogen) atoms. The highest BCUT2D eigenvalue weighted by Gasteiger charge is 2.35. The molecule has 0 aliphatic carbocycles. The minimum atomic E-state index is -4.72. The number of aryl methyl sites for hydroxylation is 1. The summed E-state index contributed by atoms with van der Waals surface area (Å²) in [6.45, 7) is 8.17. The van der Waals surface area contributed by atoms with Crippen LogP contribution in [0.3, 0.4) is 0 Å². The van der Waals surface area contributed by atoms with Gasteiger partial charge in [-0.25, -0.2) is 27.4 Å². The van der Waals surface area contributed by atoms with E-state index in [4.69, 9.17) is 19.0 Å². The van der Waals surface area contributed by atoms with Crippen LogP contribution in [0.25, 0.3) is 16.9 Å². The predicted octanol–water partition coefficient (Wildman–Crippen LogP) is 5.71. The van der Waals surface area contributed by atoms with E-state index in [0.29, 0.717) is 12.0 Å². The van der Waals surface area contributed by atoms with Gasteiger partial charge in [-0.05, 0) is 64.4 Å². The molecule has 0 bridgehead atoms. The van der Waals surface area contributed by atoms with Crippen molar-refractivity contribution in [3.8, 4) is 16.9 Å². The summed E-state index contributed by atoms with van der Waals surface area (Å²) in [7, 11) is -4.43. The molecule has 1 fully saturated rings. The molecule has 266 valence electrons. The molecule has 1 aliphatic heterocycles. The summed E-state index contributed by atoms with van der Waals surface area (Å²) in [6, 6.07) is 12.4. The minimum Gasteiger partial charge on any atom is -0.569 e. The molecule has 1 aromatic heterocycles. The third kappa shape index (κ3) is 10.2. The number of hydrogen-bond donors (Lipinski definition) is 1. The third-order valence-corrected chi connectivity index (χ3v) is 8.16. The molecule has 19 heteroatoms. The first-order valence-corrected chi connectivity index (χ1v) is 16.3. The van der Waals surface area contributed by atoms with Crippen LogP contribution in [-0.2, 0) is 35.2 Å². The first kappa shape index (κ1) is 36.8. The van der Waals surface area contributed by atoms with Gasteiger partial charge in [0, 0.05) is 18.4 Å². The largest absolute Gasteiger partial charge is 0.569 e. The van der Waals surface area contributed by atoms with Gasteiger partial charge in [0.25, 0.3) is 16.3 Å². The molecule has 0 saturated carbocycles. The fourth-order valence-electron chi connectivity index (χ4n) is 4.50. The SMILES string of the molecule is Cc1ccc(-c2cc(C(F)(F)F)nn2-c2ccc(S(=O)(=O)NC(=O)OCC3CCN(/[N+]([O-])=N/OC(C)OC(=O)OC(C)(C)C)C3)cc2)cc1. The Morgan fingerprint density at radius 2 is 1.78 bits per heavy atom. The number of nitrogens with one attached hydrogen (secondary N) is 1. The number of ether oxygens (including phenoxy) is 3. The van der Waals surface area contributed by atoms with Gasteiger partial charge in [-0.2, -0.15) is 18.3 Å². The summed E-state index contributed by atoms with van der Waals surface area (Å²) in [5, 5.41) is 20.6. The molecule has 0 radical (unpaired) electrons. The second-order valence-corrected chi connectivity index (χ2v) is 13.7. The second-order valence-electron chi connectivity index (χ2n) is 12.0. The Kier molecular flexibility index (Phi) is 10.9. The van der Waals surface area contributed by atoms with Gasteiger partial charge in [0.05, 0.1) is 40.9 Å². The smallest absolute Gasteiger partial charge is 0.511 e. The Labute approximate surface area is 279 Å². The van der Waals surface area contributed by atoms with Gasteiger partial charge in [-0.15, -0.1) is 5.01 Å². The number of benzene rings is 2. The van der Waals surface area contributed by atoms with Crippen molar-refractivity contribution in [1.29, 1.82) is 0 Å². The summed E-state index contributed by atoms with van der Waals surface area (Å²) < 4.78 is 83.9. The maximum atomic E-state index is 13.5. The van der Waals surface area contributed by atoms with E-state index < -0.39 is 46.0 Å². The molecular weight excluding hydrogens is 677 g/mol. The van der Waals surface area contributed by atoms with Crippen LogP contribution in [0.5, 0.6) is 0 Å². The quantitative estimate of drug-likeness (QED) is 0.0896.